The Balaban J connectivity index is 1.80. The second-order valence-electron chi connectivity index (χ2n) is 6.23. The van der Waals surface area contributed by atoms with Crippen LogP contribution in [0, 0.1) is 0 Å². The van der Waals surface area contributed by atoms with Gasteiger partial charge in [-0.3, -0.25) is 9.59 Å². The van der Waals surface area contributed by atoms with Crippen LogP contribution in [0.1, 0.15) is 64.3 Å². The van der Waals surface area contributed by atoms with Crippen LogP contribution in [0.15, 0.2) is 0 Å². The molecular formula is C16H26N4O2S. The van der Waals surface area contributed by atoms with Crippen molar-refractivity contribution in [3.05, 3.63) is 5.01 Å². The van der Waals surface area contributed by atoms with E-state index in [9.17, 15) is 9.59 Å². The van der Waals surface area contributed by atoms with Crippen molar-refractivity contribution in [3.8, 4) is 0 Å². The van der Waals surface area contributed by atoms with Crippen LogP contribution in [0.2, 0.25) is 0 Å². The second kappa shape index (κ2) is 8.38. The van der Waals surface area contributed by atoms with Crippen molar-refractivity contribution < 1.29 is 9.59 Å². The molecule has 0 bridgehead atoms. The van der Waals surface area contributed by atoms with E-state index in [-0.39, 0.29) is 36.7 Å². The van der Waals surface area contributed by atoms with Gasteiger partial charge in [-0.1, -0.05) is 18.3 Å². The highest BCUT2D eigenvalue weighted by Crippen LogP contribution is 2.23. The monoisotopic (exact) mass is 338 g/mol. The maximum absolute atomic E-state index is 12.4. The van der Waals surface area contributed by atoms with E-state index < -0.39 is 0 Å². The molecule has 1 N–H and O–H groups in total. The molecule has 128 valence electrons. The fraction of sp³-hybridized carbons (Fsp3) is 0.750. The Hall–Kier alpha value is -1.50. The van der Waals surface area contributed by atoms with E-state index in [4.69, 9.17) is 0 Å². The quantitative estimate of drug-likeness (QED) is 0.865. The highest BCUT2D eigenvalue weighted by Gasteiger charge is 2.28. The number of carbonyl (C=O) groups excluding carboxylic acids is 2. The number of hydrogen-bond acceptors (Lipinski definition) is 5. The molecule has 1 aromatic heterocycles. The molecule has 1 aromatic rings. The highest BCUT2D eigenvalue weighted by molar-refractivity contribution is 7.15. The fourth-order valence-corrected chi connectivity index (χ4v) is 3.92. The maximum Gasteiger partial charge on any atom is 0.226 e. The molecule has 0 spiro atoms. The van der Waals surface area contributed by atoms with E-state index in [0.29, 0.717) is 5.13 Å². The van der Waals surface area contributed by atoms with E-state index in [1.807, 2.05) is 4.90 Å². The van der Waals surface area contributed by atoms with Crippen LogP contribution in [0.3, 0.4) is 0 Å². The first-order valence-corrected chi connectivity index (χ1v) is 9.26. The van der Waals surface area contributed by atoms with Crippen LogP contribution in [0.4, 0.5) is 5.13 Å². The van der Waals surface area contributed by atoms with Gasteiger partial charge in [-0.2, -0.15) is 0 Å². The molecule has 2 amide bonds. The predicted octanol–water partition coefficient (Wildman–Crippen LogP) is 3.00. The molecule has 23 heavy (non-hydrogen) atoms. The minimum atomic E-state index is -0.171. The minimum absolute atomic E-state index is 0.0729. The average Bonchev–Trinajstić information content (AvgIpc) is 2.92. The van der Waals surface area contributed by atoms with Crippen molar-refractivity contribution in [3.63, 3.8) is 0 Å². The summed E-state index contributed by atoms with van der Waals surface area (Å²) >= 11 is 1.40. The molecule has 0 aliphatic carbocycles. The topological polar surface area (TPSA) is 75.2 Å². The average molecular weight is 338 g/mol. The number of piperidine rings is 1. The van der Waals surface area contributed by atoms with Gasteiger partial charge in [-0.25, -0.2) is 0 Å². The number of nitrogens with one attached hydrogen (secondary N) is 1. The lowest BCUT2D eigenvalue weighted by Crippen LogP contribution is -2.47. The van der Waals surface area contributed by atoms with Gasteiger partial charge in [-0.05, 0) is 39.5 Å². The third kappa shape index (κ3) is 4.99. The number of aromatic nitrogens is 2. The van der Waals surface area contributed by atoms with E-state index >= 15 is 0 Å². The largest absolute Gasteiger partial charge is 0.337 e. The number of likely N-dealkylation sites (tertiary alicyclic amines) is 1. The third-order valence-corrected chi connectivity index (χ3v) is 5.12. The SMILES string of the molecule is CCCc1nnc(NC(=O)CCC(=O)N2[C@H](C)CCC[C@@H]2C)s1. The number of rotatable bonds is 6. The van der Waals surface area contributed by atoms with Gasteiger partial charge < -0.3 is 10.2 Å². The van der Waals surface area contributed by atoms with Gasteiger partial charge in [0.15, 0.2) is 0 Å². The minimum Gasteiger partial charge on any atom is -0.337 e. The van der Waals surface area contributed by atoms with Crippen LogP contribution in [-0.2, 0) is 16.0 Å². The number of aryl methyl sites for hydroxylation is 1. The van der Waals surface area contributed by atoms with Gasteiger partial charge in [0.2, 0.25) is 16.9 Å². The van der Waals surface area contributed by atoms with Crippen molar-refractivity contribution >= 4 is 28.3 Å². The summed E-state index contributed by atoms with van der Waals surface area (Å²) in [7, 11) is 0. The number of nitrogens with zero attached hydrogens (tertiary/aromatic N) is 3. The summed E-state index contributed by atoms with van der Waals surface area (Å²) in [6, 6.07) is 0.545. The highest BCUT2D eigenvalue weighted by atomic mass is 32.1. The van der Waals surface area contributed by atoms with Crippen molar-refractivity contribution in [2.75, 3.05) is 5.32 Å². The summed E-state index contributed by atoms with van der Waals surface area (Å²) in [5, 5.41) is 12.2. The lowest BCUT2D eigenvalue weighted by molar-refractivity contribution is -0.138. The van der Waals surface area contributed by atoms with Crippen LogP contribution in [-0.4, -0.2) is 39.0 Å². The molecule has 1 saturated heterocycles. The number of amides is 2. The molecule has 0 unspecified atom stereocenters. The lowest BCUT2D eigenvalue weighted by atomic mass is 9.97. The zero-order valence-electron chi connectivity index (χ0n) is 14.2. The van der Waals surface area contributed by atoms with Crippen LogP contribution in [0.25, 0.3) is 0 Å². The summed E-state index contributed by atoms with van der Waals surface area (Å²) in [5.41, 5.74) is 0. The Morgan fingerprint density at radius 3 is 2.57 bits per heavy atom. The molecular weight excluding hydrogens is 312 g/mol. The molecule has 0 radical (unpaired) electrons. The number of carbonyl (C=O) groups is 2. The van der Waals surface area contributed by atoms with Crippen molar-refractivity contribution in [1.29, 1.82) is 0 Å². The first-order valence-electron chi connectivity index (χ1n) is 8.44. The zero-order valence-corrected chi connectivity index (χ0v) is 15.0. The standard InChI is InChI=1S/C16H26N4O2S/c1-4-6-14-18-19-16(23-14)17-13(21)9-10-15(22)20-11(2)7-5-8-12(20)3/h11-12H,4-10H2,1-3H3,(H,17,19,21)/t11-,12+. The van der Waals surface area contributed by atoms with Gasteiger partial charge >= 0.3 is 0 Å². The Kier molecular flexibility index (Phi) is 6.50. The summed E-state index contributed by atoms with van der Waals surface area (Å²) in [4.78, 5) is 26.3. The van der Waals surface area contributed by atoms with Gasteiger partial charge in [0.1, 0.15) is 5.01 Å². The normalized spacial score (nSPS) is 21.3. The third-order valence-electron chi connectivity index (χ3n) is 4.22. The Morgan fingerprint density at radius 1 is 1.22 bits per heavy atom. The van der Waals surface area contributed by atoms with E-state index in [0.717, 1.165) is 30.7 Å². The summed E-state index contributed by atoms with van der Waals surface area (Å²) in [5.74, 6) is -0.0985. The molecule has 6 nitrogen and oxygen atoms in total. The van der Waals surface area contributed by atoms with Crippen molar-refractivity contribution in [2.24, 2.45) is 0 Å². The van der Waals surface area contributed by atoms with Crippen molar-refractivity contribution in [2.45, 2.75) is 77.8 Å². The van der Waals surface area contributed by atoms with Crippen molar-refractivity contribution in [1.82, 2.24) is 15.1 Å². The number of anilines is 1. The zero-order chi connectivity index (χ0) is 16.8. The molecule has 2 rings (SSSR count). The number of hydrogen-bond donors (Lipinski definition) is 1. The first kappa shape index (κ1) is 17.8. The summed E-state index contributed by atoms with van der Waals surface area (Å²) < 4.78 is 0. The first-order chi connectivity index (χ1) is 11.0. The molecule has 1 fully saturated rings. The predicted molar refractivity (Wildman–Crippen MR) is 91.4 cm³/mol. The molecule has 1 aliphatic rings. The second-order valence-corrected chi connectivity index (χ2v) is 7.29. The van der Waals surface area contributed by atoms with Crippen LogP contribution >= 0.6 is 11.3 Å². The molecule has 7 heteroatoms. The Labute approximate surface area is 141 Å². The van der Waals surface area contributed by atoms with E-state index in [2.05, 4.69) is 36.3 Å². The molecule has 2 heterocycles. The summed E-state index contributed by atoms with van der Waals surface area (Å²) in [6.45, 7) is 6.25. The molecule has 0 saturated carbocycles. The van der Waals surface area contributed by atoms with Crippen LogP contribution in [0.5, 0.6) is 0 Å². The van der Waals surface area contributed by atoms with Gasteiger partial charge in [0.25, 0.3) is 0 Å². The lowest BCUT2D eigenvalue weighted by Gasteiger charge is -2.39. The maximum atomic E-state index is 12.4. The van der Waals surface area contributed by atoms with E-state index in [1.54, 1.807) is 0 Å². The van der Waals surface area contributed by atoms with Gasteiger partial charge in [0, 0.05) is 31.3 Å². The molecule has 0 aromatic carbocycles. The van der Waals surface area contributed by atoms with Gasteiger partial charge in [0.05, 0.1) is 0 Å². The van der Waals surface area contributed by atoms with E-state index in [1.165, 1.54) is 17.8 Å². The fourth-order valence-electron chi connectivity index (χ4n) is 3.06. The Bertz CT molecular complexity index is 536. The molecule has 2 atom stereocenters. The Morgan fingerprint density at radius 2 is 1.91 bits per heavy atom. The van der Waals surface area contributed by atoms with Crippen LogP contribution < -0.4 is 5.32 Å². The van der Waals surface area contributed by atoms with Gasteiger partial charge in [-0.15, -0.1) is 10.2 Å². The molecule has 1 aliphatic heterocycles. The smallest absolute Gasteiger partial charge is 0.226 e. The summed E-state index contributed by atoms with van der Waals surface area (Å²) in [6.07, 6.45) is 5.59.